The van der Waals surface area contributed by atoms with Gasteiger partial charge in [-0.05, 0) is 24.5 Å². The SMILES string of the molecule is CCCCC(Cc1c[nH]c2ccccc12)NC(=O)c1cnc(N2CCc3nn(C)cc3C2)s1. The van der Waals surface area contributed by atoms with E-state index in [0.717, 1.165) is 55.8 Å². The molecule has 4 aromatic rings. The number of thiazole rings is 1. The van der Waals surface area contributed by atoms with Gasteiger partial charge in [-0.3, -0.25) is 9.48 Å². The minimum Gasteiger partial charge on any atom is -0.361 e. The maximum Gasteiger partial charge on any atom is 0.263 e. The summed E-state index contributed by atoms with van der Waals surface area (Å²) in [4.78, 5) is 24.0. The van der Waals surface area contributed by atoms with Crippen molar-refractivity contribution in [1.29, 1.82) is 0 Å². The summed E-state index contributed by atoms with van der Waals surface area (Å²) in [7, 11) is 1.96. The molecule has 0 saturated heterocycles. The molecule has 1 aromatic carbocycles. The van der Waals surface area contributed by atoms with Crippen molar-refractivity contribution in [2.45, 2.75) is 51.6 Å². The molecule has 0 aliphatic carbocycles. The summed E-state index contributed by atoms with van der Waals surface area (Å²) in [5.41, 5.74) is 4.79. The highest BCUT2D eigenvalue weighted by molar-refractivity contribution is 7.17. The Bertz CT molecular complexity index is 1250. The number of aromatic nitrogens is 4. The maximum atomic E-state index is 13.1. The minimum absolute atomic E-state index is 0.0289. The molecule has 4 heterocycles. The van der Waals surface area contributed by atoms with E-state index < -0.39 is 0 Å². The van der Waals surface area contributed by atoms with Crippen molar-refractivity contribution < 1.29 is 4.79 Å². The molecular weight excluding hydrogens is 432 g/mol. The van der Waals surface area contributed by atoms with Crippen LogP contribution in [0.3, 0.4) is 0 Å². The lowest BCUT2D eigenvalue weighted by Crippen LogP contribution is -2.36. The van der Waals surface area contributed by atoms with Crippen molar-refractivity contribution in [3.63, 3.8) is 0 Å². The number of para-hydroxylation sites is 1. The summed E-state index contributed by atoms with van der Waals surface area (Å²) >= 11 is 1.47. The highest BCUT2D eigenvalue weighted by Crippen LogP contribution is 2.28. The molecule has 3 aromatic heterocycles. The predicted octanol–water partition coefficient (Wildman–Crippen LogP) is 4.45. The van der Waals surface area contributed by atoms with Crippen molar-refractivity contribution in [1.82, 2.24) is 25.1 Å². The standard InChI is InChI=1S/C25H30N6OS/c1-3-4-7-19(12-17-13-26-22-9-6-5-8-20(17)22)28-24(32)23-14-27-25(33-23)31-11-10-21-18(16-31)15-30(2)29-21/h5-6,8-9,13-15,19,26H,3-4,7,10-12,16H2,1-2H3,(H,28,32). The fourth-order valence-electron chi connectivity index (χ4n) is 4.63. The van der Waals surface area contributed by atoms with Crippen molar-refractivity contribution >= 4 is 33.3 Å². The van der Waals surface area contributed by atoms with Gasteiger partial charge < -0.3 is 15.2 Å². The first-order valence-electron chi connectivity index (χ1n) is 11.7. The van der Waals surface area contributed by atoms with Gasteiger partial charge in [-0.25, -0.2) is 4.98 Å². The molecule has 8 heteroatoms. The average molecular weight is 463 g/mol. The highest BCUT2D eigenvalue weighted by atomic mass is 32.1. The van der Waals surface area contributed by atoms with E-state index in [2.05, 4.69) is 62.8 Å². The second kappa shape index (κ2) is 9.39. The van der Waals surface area contributed by atoms with E-state index in [1.54, 1.807) is 6.20 Å². The van der Waals surface area contributed by atoms with E-state index >= 15 is 0 Å². The second-order valence-corrected chi connectivity index (χ2v) is 9.84. The molecule has 0 radical (unpaired) electrons. The van der Waals surface area contributed by atoms with Gasteiger partial charge in [0.25, 0.3) is 5.91 Å². The second-order valence-electron chi connectivity index (χ2n) is 8.83. The van der Waals surface area contributed by atoms with Crippen LogP contribution in [0.4, 0.5) is 5.13 Å². The van der Waals surface area contributed by atoms with E-state index in [0.29, 0.717) is 4.88 Å². The van der Waals surface area contributed by atoms with Crippen LogP contribution in [-0.2, 0) is 26.4 Å². The van der Waals surface area contributed by atoms with Crippen LogP contribution in [0, 0.1) is 0 Å². The summed E-state index contributed by atoms with van der Waals surface area (Å²) < 4.78 is 1.87. The van der Waals surface area contributed by atoms with Gasteiger partial charge in [-0.1, -0.05) is 49.3 Å². The summed E-state index contributed by atoms with van der Waals surface area (Å²) in [6.07, 6.45) is 10.7. The number of nitrogens with zero attached hydrogens (tertiary/aromatic N) is 4. The van der Waals surface area contributed by atoms with Crippen molar-refractivity contribution in [2.24, 2.45) is 7.05 Å². The lowest BCUT2D eigenvalue weighted by Gasteiger charge is -2.25. The molecule has 0 spiro atoms. The van der Waals surface area contributed by atoms with Crippen LogP contribution < -0.4 is 10.2 Å². The van der Waals surface area contributed by atoms with Crippen LogP contribution in [0.5, 0.6) is 0 Å². The molecule has 1 amide bonds. The van der Waals surface area contributed by atoms with Crippen molar-refractivity contribution in [3.05, 3.63) is 64.6 Å². The van der Waals surface area contributed by atoms with Crippen molar-refractivity contribution in [3.8, 4) is 0 Å². The Morgan fingerprint density at radius 2 is 2.21 bits per heavy atom. The van der Waals surface area contributed by atoms with Crippen LogP contribution in [0.25, 0.3) is 10.9 Å². The van der Waals surface area contributed by atoms with Gasteiger partial charge in [-0.15, -0.1) is 0 Å². The quantitative estimate of drug-likeness (QED) is 0.405. The predicted molar refractivity (Wildman–Crippen MR) is 133 cm³/mol. The zero-order valence-corrected chi connectivity index (χ0v) is 20.0. The number of aryl methyl sites for hydroxylation is 1. The molecule has 0 bridgehead atoms. The Labute approximate surface area is 197 Å². The lowest BCUT2D eigenvalue weighted by molar-refractivity contribution is 0.0938. The fraction of sp³-hybridized carbons (Fsp3) is 0.400. The van der Waals surface area contributed by atoms with Crippen LogP contribution in [0.1, 0.15) is 52.7 Å². The third-order valence-electron chi connectivity index (χ3n) is 6.34. The maximum absolute atomic E-state index is 13.1. The Kier molecular flexibility index (Phi) is 6.17. The fourth-order valence-corrected chi connectivity index (χ4v) is 5.47. The Morgan fingerprint density at radius 3 is 3.09 bits per heavy atom. The lowest BCUT2D eigenvalue weighted by atomic mass is 10.0. The van der Waals surface area contributed by atoms with Gasteiger partial charge >= 0.3 is 0 Å². The number of carbonyl (C=O) groups is 1. The number of amides is 1. The Morgan fingerprint density at radius 1 is 1.33 bits per heavy atom. The number of anilines is 1. The van der Waals surface area contributed by atoms with Crippen LogP contribution >= 0.6 is 11.3 Å². The molecule has 1 aliphatic rings. The number of fused-ring (bicyclic) bond motifs is 2. The van der Waals surface area contributed by atoms with E-state index in [1.807, 2.05) is 17.8 Å². The summed E-state index contributed by atoms with van der Waals surface area (Å²) in [6.45, 7) is 3.85. The molecule has 7 nitrogen and oxygen atoms in total. The smallest absolute Gasteiger partial charge is 0.263 e. The molecule has 0 saturated carbocycles. The van der Waals surface area contributed by atoms with Gasteiger partial charge in [0, 0.05) is 61.5 Å². The topological polar surface area (TPSA) is 78.8 Å². The minimum atomic E-state index is -0.0289. The molecular formula is C25H30N6OS. The highest BCUT2D eigenvalue weighted by Gasteiger charge is 2.23. The number of hydrogen-bond donors (Lipinski definition) is 2. The molecule has 172 valence electrons. The number of carbonyl (C=O) groups excluding carboxylic acids is 1. The van der Waals surface area contributed by atoms with E-state index in [1.165, 1.54) is 33.5 Å². The molecule has 2 N–H and O–H groups in total. The molecule has 0 fully saturated rings. The zero-order chi connectivity index (χ0) is 22.8. The van der Waals surface area contributed by atoms with Gasteiger partial charge in [0.15, 0.2) is 5.13 Å². The molecule has 1 unspecified atom stereocenters. The average Bonchev–Trinajstić information content (AvgIpc) is 3.55. The Balaban J connectivity index is 1.27. The number of benzene rings is 1. The van der Waals surface area contributed by atoms with Gasteiger partial charge in [0.1, 0.15) is 4.88 Å². The third-order valence-corrected chi connectivity index (χ3v) is 7.40. The van der Waals surface area contributed by atoms with E-state index in [-0.39, 0.29) is 11.9 Å². The van der Waals surface area contributed by atoms with Crippen molar-refractivity contribution in [2.75, 3.05) is 11.4 Å². The zero-order valence-electron chi connectivity index (χ0n) is 19.2. The number of rotatable bonds is 8. The van der Waals surface area contributed by atoms with Gasteiger partial charge in [0.2, 0.25) is 0 Å². The Hall–Kier alpha value is -3.13. The van der Waals surface area contributed by atoms with Crippen LogP contribution in [-0.4, -0.2) is 38.2 Å². The summed E-state index contributed by atoms with van der Waals surface area (Å²) in [6, 6.07) is 8.43. The first-order chi connectivity index (χ1) is 16.1. The summed E-state index contributed by atoms with van der Waals surface area (Å²) in [5.74, 6) is -0.0289. The molecule has 33 heavy (non-hydrogen) atoms. The first kappa shape index (κ1) is 21.7. The number of nitrogens with one attached hydrogen (secondary N) is 2. The number of unbranched alkanes of at least 4 members (excludes halogenated alkanes) is 1. The van der Waals surface area contributed by atoms with E-state index in [9.17, 15) is 4.79 Å². The number of hydrogen-bond acceptors (Lipinski definition) is 5. The molecule has 1 atom stereocenters. The monoisotopic (exact) mass is 462 g/mol. The number of aromatic amines is 1. The summed E-state index contributed by atoms with van der Waals surface area (Å²) in [5, 5.41) is 9.95. The first-order valence-corrected chi connectivity index (χ1v) is 12.5. The van der Waals surface area contributed by atoms with E-state index in [4.69, 9.17) is 0 Å². The van der Waals surface area contributed by atoms with Gasteiger partial charge in [-0.2, -0.15) is 5.10 Å². The molecule has 5 rings (SSSR count). The normalized spacial score (nSPS) is 14.4. The molecule has 1 aliphatic heterocycles. The van der Waals surface area contributed by atoms with Crippen LogP contribution in [0.2, 0.25) is 0 Å². The number of H-pyrrole nitrogens is 1. The largest absolute Gasteiger partial charge is 0.361 e. The van der Waals surface area contributed by atoms with Crippen LogP contribution in [0.15, 0.2) is 42.9 Å². The van der Waals surface area contributed by atoms with Gasteiger partial charge in [0.05, 0.1) is 11.9 Å². The third kappa shape index (κ3) is 4.66.